The minimum absolute atomic E-state index is 0.0116. The molecule has 5 N–H and O–H groups in total. The molecule has 0 aliphatic heterocycles. The average molecular weight is 311 g/mol. The molecule has 0 saturated carbocycles. The van der Waals surface area contributed by atoms with Gasteiger partial charge in [-0.3, -0.25) is 15.5 Å². The number of ether oxygens (including phenoxy) is 1. The van der Waals surface area contributed by atoms with Crippen LogP contribution in [-0.4, -0.2) is 30.1 Å². The minimum Gasteiger partial charge on any atom is -0.445 e. The van der Waals surface area contributed by atoms with Gasteiger partial charge >= 0.3 is 12.1 Å². The number of alkyl carbamates (subject to hydrolysis) is 1. The monoisotopic (exact) mass is 311 g/mol. The lowest BCUT2D eigenvalue weighted by Gasteiger charge is -2.07. The Hall–Kier alpha value is -2.88. The average Bonchev–Trinajstić information content (AvgIpc) is 2.52. The van der Waals surface area contributed by atoms with E-state index in [1.807, 2.05) is 5.43 Å². The number of nitro benzene ring substituents is 1. The van der Waals surface area contributed by atoms with Crippen molar-refractivity contribution in [3.63, 3.8) is 0 Å². The van der Waals surface area contributed by atoms with E-state index in [2.05, 4.69) is 10.6 Å². The van der Waals surface area contributed by atoms with E-state index in [1.54, 1.807) is 0 Å². The fourth-order valence-electron chi connectivity index (χ4n) is 1.45. The van der Waals surface area contributed by atoms with Gasteiger partial charge in [-0.25, -0.2) is 15.4 Å². The van der Waals surface area contributed by atoms with Crippen LogP contribution in [0.2, 0.25) is 0 Å². The molecule has 10 nitrogen and oxygen atoms in total. The molecule has 0 heterocycles. The molecule has 0 saturated heterocycles. The smallest absolute Gasteiger partial charge is 0.407 e. The van der Waals surface area contributed by atoms with E-state index in [0.717, 1.165) is 0 Å². The highest BCUT2D eigenvalue weighted by atomic mass is 16.6. The fourth-order valence-corrected chi connectivity index (χ4v) is 1.45. The third kappa shape index (κ3) is 6.52. The number of non-ortho nitro benzene ring substituents is 1. The molecule has 10 heteroatoms. The molecule has 1 aromatic carbocycles. The maximum absolute atomic E-state index is 11.4. The summed E-state index contributed by atoms with van der Waals surface area (Å²) in [6.07, 6.45) is -0.0957. The summed E-state index contributed by atoms with van der Waals surface area (Å²) in [5, 5.41) is 15.4. The van der Waals surface area contributed by atoms with Crippen LogP contribution in [-0.2, 0) is 11.3 Å². The van der Waals surface area contributed by atoms with Crippen LogP contribution in [0.5, 0.6) is 0 Å². The van der Waals surface area contributed by atoms with Gasteiger partial charge in [0, 0.05) is 25.2 Å². The Balaban J connectivity index is 2.17. The van der Waals surface area contributed by atoms with Crippen LogP contribution in [0.3, 0.4) is 0 Å². The van der Waals surface area contributed by atoms with E-state index < -0.39 is 17.0 Å². The normalized spacial score (nSPS) is 9.68. The molecule has 0 atom stereocenters. The molecule has 22 heavy (non-hydrogen) atoms. The van der Waals surface area contributed by atoms with Crippen molar-refractivity contribution >= 4 is 17.8 Å². The van der Waals surface area contributed by atoms with Crippen LogP contribution >= 0.6 is 0 Å². The maximum Gasteiger partial charge on any atom is 0.407 e. The van der Waals surface area contributed by atoms with Gasteiger partial charge in [0.15, 0.2) is 0 Å². The summed E-state index contributed by atoms with van der Waals surface area (Å²) in [7, 11) is 0. The van der Waals surface area contributed by atoms with E-state index in [0.29, 0.717) is 25.1 Å². The Morgan fingerprint density at radius 2 is 1.82 bits per heavy atom. The topological polar surface area (TPSA) is 149 Å². The number of nitro groups is 1. The number of amides is 3. The molecule has 0 bridgehead atoms. The molecule has 1 aromatic rings. The summed E-state index contributed by atoms with van der Waals surface area (Å²) in [6.45, 7) is 0.688. The zero-order chi connectivity index (χ0) is 16.4. The number of carbonyl (C=O) groups excluding carboxylic acids is 2. The molecule has 0 unspecified atom stereocenters. The first kappa shape index (κ1) is 17.2. The van der Waals surface area contributed by atoms with Crippen LogP contribution in [0.1, 0.15) is 12.0 Å². The Morgan fingerprint density at radius 3 is 2.41 bits per heavy atom. The summed E-state index contributed by atoms with van der Waals surface area (Å²) < 4.78 is 4.94. The lowest BCUT2D eigenvalue weighted by Crippen LogP contribution is -2.40. The molecular formula is C12H17N5O5. The van der Waals surface area contributed by atoms with Crippen molar-refractivity contribution in [2.24, 2.45) is 5.84 Å². The molecule has 0 aromatic heterocycles. The number of benzene rings is 1. The predicted octanol–water partition coefficient (Wildman–Crippen LogP) is 0.384. The molecule has 120 valence electrons. The van der Waals surface area contributed by atoms with Gasteiger partial charge in [-0.05, 0) is 24.1 Å². The summed E-state index contributed by atoms with van der Waals surface area (Å²) in [4.78, 5) is 32.1. The first-order valence-electron chi connectivity index (χ1n) is 6.41. The van der Waals surface area contributed by atoms with Crippen molar-refractivity contribution in [3.8, 4) is 0 Å². The maximum atomic E-state index is 11.4. The number of carbonyl (C=O) groups is 2. The van der Waals surface area contributed by atoms with Crippen LogP contribution < -0.4 is 21.9 Å². The number of hydrazine groups is 1. The number of hydrogen-bond acceptors (Lipinski definition) is 6. The van der Waals surface area contributed by atoms with Crippen molar-refractivity contribution in [2.75, 3.05) is 13.1 Å². The van der Waals surface area contributed by atoms with Gasteiger partial charge in [-0.2, -0.15) is 0 Å². The van der Waals surface area contributed by atoms with E-state index in [9.17, 15) is 19.7 Å². The van der Waals surface area contributed by atoms with Crippen molar-refractivity contribution in [1.29, 1.82) is 0 Å². The molecule has 0 fully saturated rings. The number of nitrogens with zero attached hydrogens (tertiary/aromatic N) is 1. The third-order valence-corrected chi connectivity index (χ3v) is 2.56. The van der Waals surface area contributed by atoms with Gasteiger partial charge in [0.25, 0.3) is 5.69 Å². The Bertz CT molecular complexity index is 519. The lowest BCUT2D eigenvalue weighted by atomic mass is 10.2. The Labute approximate surface area is 126 Å². The molecular weight excluding hydrogens is 294 g/mol. The van der Waals surface area contributed by atoms with E-state index in [4.69, 9.17) is 10.6 Å². The number of nitrogens with two attached hydrogens (primary N) is 1. The van der Waals surface area contributed by atoms with Crippen molar-refractivity contribution in [2.45, 2.75) is 13.0 Å². The highest BCUT2D eigenvalue weighted by Gasteiger charge is 2.06. The van der Waals surface area contributed by atoms with Crippen LogP contribution in [0, 0.1) is 10.1 Å². The van der Waals surface area contributed by atoms with Crippen LogP contribution in [0.25, 0.3) is 0 Å². The number of rotatable bonds is 7. The molecule has 0 aliphatic carbocycles. The molecule has 0 radical (unpaired) electrons. The van der Waals surface area contributed by atoms with Gasteiger partial charge in [0.05, 0.1) is 4.92 Å². The summed E-state index contributed by atoms with van der Waals surface area (Å²) in [5.41, 5.74) is 2.52. The number of nitrogens with one attached hydrogen (secondary N) is 3. The van der Waals surface area contributed by atoms with Crippen molar-refractivity contribution < 1.29 is 19.2 Å². The minimum atomic E-state index is -0.610. The second-order valence-corrected chi connectivity index (χ2v) is 4.18. The summed E-state index contributed by atoms with van der Waals surface area (Å²) in [6, 6.07) is 5.21. The Kier molecular flexibility index (Phi) is 7.13. The van der Waals surface area contributed by atoms with Crippen molar-refractivity contribution in [3.05, 3.63) is 39.9 Å². The van der Waals surface area contributed by atoms with Gasteiger partial charge in [0.1, 0.15) is 6.61 Å². The highest BCUT2D eigenvalue weighted by Crippen LogP contribution is 2.12. The SMILES string of the molecule is NNC(=O)NCCCNC(=O)OCc1ccc([N+](=O)[O-])cc1. The number of hydrogen-bond donors (Lipinski definition) is 4. The van der Waals surface area contributed by atoms with Crippen LogP contribution in [0.4, 0.5) is 15.3 Å². The first-order chi connectivity index (χ1) is 10.5. The van der Waals surface area contributed by atoms with E-state index in [1.165, 1.54) is 24.3 Å². The number of urea groups is 1. The molecule has 3 amide bonds. The van der Waals surface area contributed by atoms with E-state index >= 15 is 0 Å². The van der Waals surface area contributed by atoms with Crippen LogP contribution in [0.15, 0.2) is 24.3 Å². The molecule has 0 aliphatic rings. The largest absolute Gasteiger partial charge is 0.445 e. The second kappa shape index (κ2) is 9.13. The van der Waals surface area contributed by atoms with Gasteiger partial charge in [-0.1, -0.05) is 0 Å². The molecule has 0 spiro atoms. The molecule has 1 rings (SSSR count). The third-order valence-electron chi connectivity index (χ3n) is 2.56. The van der Waals surface area contributed by atoms with Gasteiger partial charge < -0.3 is 15.4 Å². The van der Waals surface area contributed by atoms with E-state index in [-0.39, 0.29) is 12.3 Å². The lowest BCUT2D eigenvalue weighted by molar-refractivity contribution is -0.384. The quantitative estimate of drug-likeness (QED) is 0.188. The first-order valence-corrected chi connectivity index (χ1v) is 6.41. The zero-order valence-electron chi connectivity index (χ0n) is 11.7. The van der Waals surface area contributed by atoms with Crippen molar-refractivity contribution in [1.82, 2.24) is 16.1 Å². The Morgan fingerprint density at radius 1 is 1.18 bits per heavy atom. The predicted molar refractivity (Wildman–Crippen MR) is 76.6 cm³/mol. The highest BCUT2D eigenvalue weighted by molar-refractivity contribution is 5.72. The summed E-state index contributed by atoms with van der Waals surface area (Å²) >= 11 is 0. The van der Waals surface area contributed by atoms with Gasteiger partial charge in [0.2, 0.25) is 0 Å². The summed E-state index contributed by atoms with van der Waals surface area (Å²) in [5.74, 6) is 4.87. The van der Waals surface area contributed by atoms with Gasteiger partial charge in [-0.15, -0.1) is 0 Å². The zero-order valence-corrected chi connectivity index (χ0v) is 11.7. The second-order valence-electron chi connectivity index (χ2n) is 4.18. The standard InChI is InChI=1S/C12H17N5O5/c13-16-11(18)14-6-1-7-15-12(19)22-8-9-2-4-10(5-3-9)17(20)21/h2-5H,1,6-8,13H2,(H,15,19)(H2,14,16,18). The fraction of sp³-hybridized carbons (Fsp3) is 0.333.